The maximum Gasteiger partial charge on any atom is 0.142 e. The fourth-order valence-corrected chi connectivity index (χ4v) is 3.27. The van der Waals surface area contributed by atoms with E-state index in [-0.39, 0.29) is 18.1 Å². The Hall–Kier alpha value is -1.46. The highest BCUT2D eigenvalue weighted by Crippen LogP contribution is 2.35. The van der Waals surface area contributed by atoms with Crippen molar-refractivity contribution in [3.8, 4) is 11.5 Å². The molecule has 1 aromatic rings. The third-order valence-corrected chi connectivity index (χ3v) is 4.64. The van der Waals surface area contributed by atoms with Crippen molar-refractivity contribution < 1.29 is 14.6 Å². The molecule has 0 saturated carbocycles. The second kappa shape index (κ2) is 7.88. The summed E-state index contributed by atoms with van der Waals surface area (Å²) in [6.07, 6.45) is 1.46. The van der Waals surface area contributed by atoms with E-state index in [9.17, 15) is 5.11 Å². The van der Waals surface area contributed by atoms with Crippen LogP contribution in [0.25, 0.3) is 0 Å². The van der Waals surface area contributed by atoms with Gasteiger partial charge in [-0.05, 0) is 36.8 Å². The predicted octanol–water partition coefficient (Wildman–Crippen LogP) is 2.26. The van der Waals surface area contributed by atoms with Crippen LogP contribution in [0, 0.1) is 11.8 Å². The van der Waals surface area contributed by atoms with Crippen molar-refractivity contribution in [1.82, 2.24) is 0 Å². The molecule has 130 valence electrons. The molecule has 23 heavy (non-hydrogen) atoms. The van der Waals surface area contributed by atoms with Crippen LogP contribution in [0.15, 0.2) is 18.2 Å². The third-order valence-electron chi connectivity index (χ3n) is 4.64. The van der Waals surface area contributed by atoms with Gasteiger partial charge >= 0.3 is 0 Å². The van der Waals surface area contributed by atoms with E-state index in [4.69, 9.17) is 15.2 Å². The smallest absolute Gasteiger partial charge is 0.142 e. The van der Waals surface area contributed by atoms with Gasteiger partial charge in [0.1, 0.15) is 11.5 Å². The largest absolute Gasteiger partial charge is 0.497 e. The van der Waals surface area contributed by atoms with Crippen LogP contribution in [0.4, 0.5) is 5.69 Å². The number of nitrogens with zero attached hydrogens (tertiary/aromatic N) is 1. The molecule has 0 bridgehead atoms. The van der Waals surface area contributed by atoms with E-state index < -0.39 is 0 Å². The molecule has 0 aliphatic carbocycles. The van der Waals surface area contributed by atoms with Crippen molar-refractivity contribution in [3.63, 3.8) is 0 Å². The Labute approximate surface area is 139 Å². The number of nitrogens with two attached hydrogens (primary N) is 1. The van der Waals surface area contributed by atoms with Gasteiger partial charge in [0, 0.05) is 25.2 Å². The SMILES string of the molecule is COc1ccc(OC)c(N2CC(N)CC(CC(O)C(C)C)C2)c1. The zero-order valence-electron chi connectivity index (χ0n) is 14.7. The fourth-order valence-electron chi connectivity index (χ4n) is 3.27. The molecule has 3 unspecified atom stereocenters. The highest BCUT2D eigenvalue weighted by molar-refractivity contribution is 5.62. The number of benzene rings is 1. The Kier molecular flexibility index (Phi) is 6.13. The van der Waals surface area contributed by atoms with Gasteiger partial charge in [-0.2, -0.15) is 0 Å². The Morgan fingerprint density at radius 2 is 2.00 bits per heavy atom. The van der Waals surface area contributed by atoms with E-state index >= 15 is 0 Å². The monoisotopic (exact) mass is 322 g/mol. The molecular formula is C18H30N2O3. The summed E-state index contributed by atoms with van der Waals surface area (Å²) in [6.45, 7) is 5.77. The van der Waals surface area contributed by atoms with E-state index in [1.807, 2.05) is 18.2 Å². The topological polar surface area (TPSA) is 68.0 Å². The molecule has 1 aliphatic rings. The van der Waals surface area contributed by atoms with Gasteiger partial charge < -0.3 is 25.2 Å². The van der Waals surface area contributed by atoms with Gasteiger partial charge in [-0.15, -0.1) is 0 Å². The van der Waals surface area contributed by atoms with E-state index in [1.54, 1.807) is 14.2 Å². The lowest BCUT2D eigenvalue weighted by atomic mass is 9.87. The molecular weight excluding hydrogens is 292 g/mol. The quantitative estimate of drug-likeness (QED) is 0.841. The van der Waals surface area contributed by atoms with Crippen molar-refractivity contribution in [1.29, 1.82) is 0 Å². The van der Waals surface area contributed by atoms with Crippen molar-refractivity contribution in [2.24, 2.45) is 17.6 Å². The number of ether oxygens (including phenoxy) is 2. The van der Waals surface area contributed by atoms with Gasteiger partial charge in [-0.3, -0.25) is 0 Å². The number of rotatable bonds is 6. The second-order valence-corrected chi connectivity index (χ2v) is 6.85. The van der Waals surface area contributed by atoms with E-state index in [0.717, 1.165) is 43.1 Å². The number of aliphatic hydroxyl groups is 1. The normalized spacial score (nSPS) is 23.0. The lowest BCUT2D eigenvalue weighted by Gasteiger charge is -2.39. The van der Waals surface area contributed by atoms with Crippen LogP contribution in [0.5, 0.6) is 11.5 Å². The summed E-state index contributed by atoms with van der Waals surface area (Å²) in [6, 6.07) is 5.91. The first-order chi connectivity index (χ1) is 10.9. The molecule has 1 aromatic carbocycles. The van der Waals surface area contributed by atoms with Crippen molar-refractivity contribution >= 4 is 5.69 Å². The standard InChI is InChI=1S/C18H30N2O3/c1-12(2)17(21)8-13-7-14(19)11-20(10-13)16-9-15(22-3)5-6-18(16)23-4/h5-6,9,12-14,17,21H,7-8,10-11,19H2,1-4H3. The molecule has 0 spiro atoms. The highest BCUT2D eigenvalue weighted by atomic mass is 16.5. The van der Waals surface area contributed by atoms with Gasteiger partial charge in [0.25, 0.3) is 0 Å². The van der Waals surface area contributed by atoms with E-state index in [1.165, 1.54) is 0 Å². The average Bonchev–Trinajstić information content (AvgIpc) is 2.53. The summed E-state index contributed by atoms with van der Waals surface area (Å²) in [5.74, 6) is 2.28. The Balaban J connectivity index is 2.18. The van der Waals surface area contributed by atoms with E-state index in [0.29, 0.717) is 5.92 Å². The molecule has 2 rings (SSSR count). The molecule has 5 heteroatoms. The third kappa shape index (κ3) is 4.52. The minimum Gasteiger partial charge on any atom is -0.497 e. The molecule has 1 fully saturated rings. The lowest BCUT2D eigenvalue weighted by Crippen LogP contribution is -2.48. The van der Waals surface area contributed by atoms with Crippen LogP contribution >= 0.6 is 0 Å². The summed E-state index contributed by atoms with van der Waals surface area (Å²) in [7, 11) is 3.34. The molecule has 1 saturated heterocycles. The molecule has 1 aliphatic heterocycles. The van der Waals surface area contributed by atoms with Crippen LogP contribution in [-0.2, 0) is 0 Å². The predicted molar refractivity (Wildman–Crippen MR) is 93.3 cm³/mol. The number of hydrogen-bond acceptors (Lipinski definition) is 5. The molecule has 3 atom stereocenters. The zero-order valence-corrected chi connectivity index (χ0v) is 14.7. The first-order valence-electron chi connectivity index (χ1n) is 8.35. The molecule has 1 heterocycles. The Morgan fingerprint density at radius 1 is 1.26 bits per heavy atom. The zero-order chi connectivity index (χ0) is 17.0. The average molecular weight is 322 g/mol. The van der Waals surface area contributed by atoms with Crippen LogP contribution in [0.3, 0.4) is 0 Å². The minimum absolute atomic E-state index is 0.101. The van der Waals surface area contributed by atoms with E-state index in [2.05, 4.69) is 18.7 Å². The van der Waals surface area contributed by atoms with Crippen molar-refractivity contribution in [2.45, 2.75) is 38.8 Å². The summed E-state index contributed by atoms with van der Waals surface area (Å²) in [5.41, 5.74) is 7.28. The molecule has 0 aromatic heterocycles. The molecule has 0 amide bonds. The maximum absolute atomic E-state index is 10.2. The summed E-state index contributed by atoms with van der Waals surface area (Å²) in [4.78, 5) is 2.26. The maximum atomic E-state index is 10.2. The summed E-state index contributed by atoms with van der Waals surface area (Å²) >= 11 is 0. The van der Waals surface area contributed by atoms with Crippen LogP contribution in [0.1, 0.15) is 26.7 Å². The van der Waals surface area contributed by atoms with Crippen molar-refractivity contribution in [2.75, 3.05) is 32.2 Å². The van der Waals surface area contributed by atoms with Crippen molar-refractivity contribution in [3.05, 3.63) is 18.2 Å². The Bertz CT molecular complexity index is 507. The first kappa shape index (κ1) is 17.9. The number of hydrogen-bond donors (Lipinski definition) is 2. The van der Waals surface area contributed by atoms with Gasteiger partial charge in [-0.1, -0.05) is 13.8 Å². The Morgan fingerprint density at radius 3 is 2.61 bits per heavy atom. The van der Waals surface area contributed by atoms with Gasteiger partial charge in [-0.25, -0.2) is 0 Å². The summed E-state index contributed by atoms with van der Waals surface area (Å²) < 4.78 is 10.8. The van der Waals surface area contributed by atoms with Crippen LogP contribution in [0.2, 0.25) is 0 Å². The lowest BCUT2D eigenvalue weighted by molar-refractivity contribution is 0.0921. The highest BCUT2D eigenvalue weighted by Gasteiger charge is 2.29. The van der Waals surface area contributed by atoms with Crippen LogP contribution in [-0.4, -0.2) is 44.6 Å². The number of aliphatic hydroxyl groups excluding tert-OH is 1. The second-order valence-electron chi connectivity index (χ2n) is 6.85. The van der Waals surface area contributed by atoms with Gasteiger partial charge in [0.05, 0.1) is 26.0 Å². The number of piperidine rings is 1. The summed E-state index contributed by atoms with van der Waals surface area (Å²) in [5, 5.41) is 10.2. The minimum atomic E-state index is -0.278. The first-order valence-corrected chi connectivity index (χ1v) is 8.35. The molecule has 5 nitrogen and oxygen atoms in total. The molecule has 3 N–H and O–H groups in total. The van der Waals surface area contributed by atoms with Gasteiger partial charge in [0.15, 0.2) is 0 Å². The van der Waals surface area contributed by atoms with Gasteiger partial charge in [0.2, 0.25) is 0 Å². The molecule has 0 radical (unpaired) electrons. The number of methoxy groups -OCH3 is 2. The van der Waals surface area contributed by atoms with Crippen LogP contribution < -0.4 is 20.1 Å². The fraction of sp³-hybridized carbons (Fsp3) is 0.667. The number of anilines is 1.